The number of nitrogens with zero attached hydrogens (tertiary/aromatic N) is 2. The van der Waals surface area contributed by atoms with Crippen LogP contribution in [0.15, 0.2) is 39.6 Å². The van der Waals surface area contributed by atoms with Crippen molar-refractivity contribution in [2.45, 2.75) is 68.3 Å². The van der Waals surface area contributed by atoms with E-state index in [2.05, 4.69) is 16.3 Å². The number of hydrogen-bond acceptors (Lipinski definition) is 7. The zero-order chi connectivity index (χ0) is 23.9. The van der Waals surface area contributed by atoms with E-state index in [0.29, 0.717) is 30.7 Å². The molecule has 2 aliphatic heterocycles. The van der Waals surface area contributed by atoms with Gasteiger partial charge in [-0.3, -0.25) is 29.5 Å². The van der Waals surface area contributed by atoms with E-state index in [1.165, 1.54) is 25.7 Å². The number of nitrogens with one attached hydrogen (secondary N) is 1. The molecule has 34 heavy (non-hydrogen) atoms. The van der Waals surface area contributed by atoms with E-state index in [9.17, 15) is 14.4 Å². The van der Waals surface area contributed by atoms with Crippen molar-refractivity contribution in [2.75, 3.05) is 20.1 Å². The second kappa shape index (κ2) is 11.8. The molecule has 4 rings (SSSR count). The van der Waals surface area contributed by atoms with Crippen LogP contribution in [0.2, 0.25) is 0 Å². The molecule has 2 amide bonds. The Bertz CT molecular complexity index is 1010. The number of aldehydes is 1. The van der Waals surface area contributed by atoms with Gasteiger partial charge in [0, 0.05) is 23.4 Å². The lowest BCUT2D eigenvalue weighted by molar-refractivity contribution is -0.137. The summed E-state index contributed by atoms with van der Waals surface area (Å²) in [4.78, 5) is 40.9. The number of imide groups is 1. The fraction of sp³-hybridized carbons (Fsp3) is 0.500. The normalized spacial score (nSPS) is 19.8. The Kier molecular flexibility index (Phi) is 8.59. The summed E-state index contributed by atoms with van der Waals surface area (Å²) in [5, 5.41) is 2.41. The highest BCUT2D eigenvalue weighted by Crippen LogP contribution is 2.30. The number of hydrogen-bond donors (Lipinski definition) is 1. The number of piperidine rings is 1. The van der Waals surface area contributed by atoms with Crippen LogP contribution in [-0.4, -0.2) is 54.1 Å². The third-order valence-electron chi connectivity index (χ3n) is 6.61. The van der Waals surface area contributed by atoms with Crippen molar-refractivity contribution in [2.24, 2.45) is 0 Å². The molecular weight excluding hydrogens is 450 g/mol. The number of amides is 2. The van der Waals surface area contributed by atoms with Crippen molar-refractivity contribution in [3.8, 4) is 0 Å². The van der Waals surface area contributed by atoms with E-state index in [0.717, 1.165) is 47.9 Å². The summed E-state index contributed by atoms with van der Waals surface area (Å²) in [7, 11) is 1.86. The summed E-state index contributed by atoms with van der Waals surface area (Å²) < 4.78 is 6.12. The van der Waals surface area contributed by atoms with E-state index >= 15 is 0 Å². The maximum Gasteiger partial charge on any atom is 0.243 e. The maximum absolute atomic E-state index is 12.3. The third-order valence-corrected chi connectivity index (χ3v) is 7.73. The minimum atomic E-state index is -0.387. The van der Waals surface area contributed by atoms with Crippen molar-refractivity contribution in [1.82, 2.24) is 15.1 Å². The SMILES string of the molecule is CN(Cc1c(C=O)cccc1SCc1ccc(CN2CCCCCC2)o1)C1CCC(=O)NC1=O. The third kappa shape index (κ3) is 6.37. The molecule has 3 heterocycles. The Morgan fingerprint density at radius 1 is 1.12 bits per heavy atom. The van der Waals surface area contributed by atoms with Gasteiger partial charge >= 0.3 is 0 Å². The Morgan fingerprint density at radius 3 is 2.62 bits per heavy atom. The van der Waals surface area contributed by atoms with Crippen molar-refractivity contribution in [1.29, 1.82) is 0 Å². The molecule has 1 aromatic carbocycles. The number of furan rings is 1. The van der Waals surface area contributed by atoms with Gasteiger partial charge in [0.25, 0.3) is 0 Å². The van der Waals surface area contributed by atoms with E-state index in [-0.39, 0.29) is 17.9 Å². The van der Waals surface area contributed by atoms with Gasteiger partial charge in [-0.1, -0.05) is 25.0 Å². The van der Waals surface area contributed by atoms with Gasteiger partial charge in [0.15, 0.2) is 0 Å². The number of carbonyl (C=O) groups is 3. The average Bonchev–Trinajstić information content (AvgIpc) is 3.11. The molecule has 1 atom stereocenters. The molecule has 0 saturated carbocycles. The fourth-order valence-electron chi connectivity index (χ4n) is 4.71. The molecular formula is C26H33N3O4S. The van der Waals surface area contributed by atoms with Gasteiger partial charge in [-0.25, -0.2) is 0 Å². The summed E-state index contributed by atoms with van der Waals surface area (Å²) in [6.07, 6.45) is 6.83. The second-order valence-electron chi connectivity index (χ2n) is 9.17. The number of rotatable bonds is 9. The topological polar surface area (TPSA) is 82.9 Å². The van der Waals surface area contributed by atoms with Gasteiger partial charge in [-0.2, -0.15) is 0 Å². The zero-order valence-electron chi connectivity index (χ0n) is 19.8. The Morgan fingerprint density at radius 2 is 1.88 bits per heavy atom. The van der Waals surface area contributed by atoms with E-state index in [1.54, 1.807) is 17.8 Å². The Labute approximate surface area is 205 Å². The average molecular weight is 484 g/mol. The molecule has 0 spiro atoms. The predicted octanol–water partition coefficient (Wildman–Crippen LogP) is 4.00. The molecule has 182 valence electrons. The van der Waals surface area contributed by atoms with E-state index in [4.69, 9.17) is 4.42 Å². The first-order valence-corrected chi connectivity index (χ1v) is 13.1. The monoisotopic (exact) mass is 483 g/mol. The first kappa shape index (κ1) is 24.7. The Hall–Kier alpha value is -2.42. The van der Waals surface area contributed by atoms with Crippen molar-refractivity contribution < 1.29 is 18.8 Å². The van der Waals surface area contributed by atoms with Crippen LogP contribution in [0.1, 0.15) is 66.0 Å². The second-order valence-corrected chi connectivity index (χ2v) is 10.2. The highest BCUT2D eigenvalue weighted by atomic mass is 32.2. The lowest BCUT2D eigenvalue weighted by Gasteiger charge is -2.30. The van der Waals surface area contributed by atoms with Gasteiger partial charge in [0.05, 0.1) is 18.3 Å². The molecule has 8 heteroatoms. The number of carbonyl (C=O) groups excluding carboxylic acids is 3. The standard InChI is InChI=1S/C26H33N3O4S/c1-28(23-11-12-25(31)27-26(23)32)16-22-19(17-30)7-6-8-24(22)34-18-21-10-9-20(33-21)15-29-13-4-2-3-5-14-29/h6-10,17,23H,2-5,11-16,18H2,1H3,(H,27,31,32). The molecule has 0 bridgehead atoms. The van der Waals surface area contributed by atoms with E-state index in [1.807, 2.05) is 30.1 Å². The number of likely N-dealkylation sites (tertiary alicyclic amines) is 1. The van der Waals surface area contributed by atoms with Crippen LogP contribution in [0.25, 0.3) is 0 Å². The lowest BCUT2D eigenvalue weighted by Crippen LogP contribution is -2.51. The summed E-state index contributed by atoms with van der Waals surface area (Å²) in [5.74, 6) is 2.07. The van der Waals surface area contributed by atoms with Crippen molar-refractivity contribution in [3.05, 3.63) is 53.0 Å². The van der Waals surface area contributed by atoms with Gasteiger partial charge in [-0.05, 0) is 63.2 Å². The maximum atomic E-state index is 12.3. The van der Waals surface area contributed by atoms with E-state index < -0.39 is 0 Å². The molecule has 1 unspecified atom stereocenters. The van der Waals surface area contributed by atoms with Crippen molar-refractivity contribution in [3.63, 3.8) is 0 Å². The molecule has 2 aromatic rings. The van der Waals surface area contributed by atoms with Gasteiger partial charge in [0.2, 0.25) is 11.8 Å². The van der Waals surface area contributed by atoms with Crippen LogP contribution in [-0.2, 0) is 28.4 Å². The smallest absolute Gasteiger partial charge is 0.243 e. The number of likely N-dealkylation sites (N-methyl/N-ethyl adjacent to an activating group) is 1. The minimum absolute atomic E-state index is 0.229. The van der Waals surface area contributed by atoms with Crippen LogP contribution in [0, 0.1) is 0 Å². The lowest BCUT2D eigenvalue weighted by atomic mass is 10.0. The molecule has 2 saturated heterocycles. The van der Waals surface area contributed by atoms with Gasteiger partial charge in [0.1, 0.15) is 17.8 Å². The number of thioether (sulfide) groups is 1. The summed E-state index contributed by atoms with van der Waals surface area (Å²) >= 11 is 1.63. The van der Waals surface area contributed by atoms with Gasteiger partial charge < -0.3 is 4.42 Å². The van der Waals surface area contributed by atoms with Crippen LogP contribution >= 0.6 is 11.8 Å². The van der Waals surface area contributed by atoms with Crippen molar-refractivity contribution >= 4 is 29.9 Å². The predicted molar refractivity (Wildman–Crippen MR) is 131 cm³/mol. The van der Waals surface area contributed by atoms with Gasteiger partial charge in [-0.15, -0.1) is 11.8 Å². The molecule has 1 N–H and O–H groups in total. The minimum Gasteiger partial charge on any atom is -0.464 e. The summed E-state index contributed by atoms with van der Waals surface area (Å²) in [6.45, 7) is 3.57. The van der Waals surface area contributed by atoms with Crippen LogP contribution in [0.4, 0.5) is 0 Å². The molecule has 1 aromatic heterocycles. The zero-order valence-corrected chi connectivity index (χ0v) is 20.6. The Balaban J connectivity index is 1.40. The fourth-order valence-corrected chi connectivity index (χ4v) is 5.69. The molecule has 0 radical (unpaired) electrons. The van der Waals surface area contributed by atoms with Crippen LogP contribution in [0.5, 0.6) is 0 Å². The largest absolute Gasteiger partial charge is 0.464 e. The van der Waals surface area contributed by atoms with Crippen LogP contribution in [0.3, 0.4) is 0 Å². The summed E-state index contributed by atoms with van der Waals surface area (Å²) in [5.41, 5.74) is 1.51. The first-order chi connectivity index (χ1) is 16.5. The molecule has 0 aliphatic carbocycles. The molecule has 7 nitrogen and oxygen atoms in total. The number of benzene rings is 1. The first-order valence-electron chi connectivity index (χ1n) is 12.1. The molecule has 2 fully saturated rings. The summed E-state index contributed by atoms with van der Waals surface area (Å²) in [6, 6.07) is 9.42. The quantitative estimate of drug-likeness (QED) is 0.328. The van der Waals surface area contributed by atoms with Crippen LogP contribution < -0.4 is 5.32 Å². The highest BCUT2D eigenvalue weighted by molar-refractivity contribution is 7.98. The molecule has 2 aliphatic rings. The highest BCUT2D eigenvalue weighted by Gasteiger charge is 2.30.